The average molecular weight is 354 g/mol. The minimum absolute atomic E-state index is 0.0777. The quantitative estimate of drug-likeness (QED) is 0.763. The predicted octanol–water partition coefficient (Wildman–Crippen LogP) is 4.38. The van der Waals surface area contributed by atoms with Gasteiger partial charge in [-0.1, -0.05) is 36.6 Å². The summed E-state index contributed by atoms with van der Waals surface area (Å²) in [6.07, 6.45) is 0.466. The first-order valence-corrected chi connectivity index (χ1v) is 8.10. The summed E-state index contributed by atoms with van der Waals surface area (Å²) < 4.78 is 47.9. The Hall–Kier alpha value is -2.38. The first kappa shape index (κ1) is 17.4. The number of hydrogen-bond acceptors (Lipinski definition) is 5. The number of carbonyl (C=O) groups excluding carboxylic acids is 1. The van der Waals surface area contributed by atoms with Gasteiger partial charge in [0, 0.05) is 5.56 Å². The molecule has 0 N–H and O–H groups in total. The van der Waals surface area contributed by atoms with E-state index in [1.54, 1.807) is 0 Å². The van der Waals surface area contributed by atoms with Gasteiger partial charge in [0.25, 0.3) is 5.89 Å². The van der Waals surface area contributed by atoms with Crippen LogP contribution in [0.25, 0.3) is 11.4 Å². The van der Waals surface area contributed by atoms with E-state index in [4.69, 9.17) is 9.26 Å². The first-order chi connectivity index (χ1) is 11.9. The van der Waals surface area contributed by atoms with E-state index < -0.39 is 11.7 Å². The molecule has 1 heterocycles. The Bertz CT molecular complexity index is 719. The third kappa shape index (κ3) is 4.37. The molecule has 3 rings (SSSR count). The molecule has 0 atom stereocenters. The number of nitrogens with zero attached hydrogens (tertiary/aromatic N) is 2. The van der Waals surface area contributed by atoms with Gasteiger partial charge in [-0.15, -0.1) is 0 Å². The van der Waals surface area contributed by atoms with Gasteiger partial charge in [0.05, 0.1) is 11.5 Å². The highest BCUT2D eigenvalue weighted by Gasteiger charge is 2.30. The molecule has 0 spiro atoms. The van der Waals surface area contributed by atoms with E-state index in [9.17, 15) is 18.0 Å². The van der Waals surface area contributed by atoms with Crippen LogP contribution in [0.2, 0.25) is 0 Å². The number of alkyl halides is 3. The Morgan fingerprint density at radius 2 is 1.84 bits per heavy atom. The molecule has 0 saturated heterocycles. The van der Waals surface area contributed by atoms with E-state index >= 15 is 0 Å². The van der Waals surface area contributed by atoms with Crippen molar-refractivity contribution < 1.29 is 27.2 Å². The maximum Gasteiger partial charge on any atom is 0.416 e. The zero-order chi connectivity index (χ0) is 17.9. The molecular formula is C17H17F3N2O3. The van der Waals surface area contributed by atoms with Crippen LogP contribution in [0.3, 0.4) is 0 Å². The molecule has 8 heteroatoms. The molecule has 5 nitrogen and oxygen atoms in total. The second kappa shape index (κ2) is 7.25. The number of ether oxygens (including phenoxy) is 1. The zero-order valence-electron chi connectivity index (χ0n) is 13.4. The molecule has 2 aromatic rings. The maximum atomic E-state index is 12.6. The number of benzene rings is 1. The SMILES string of the molecule is O=C(OCc1nc(-c2ccc(C(F)(F)F)cc2)no1)C1CCCCC1. The Balaban J connectivity index is 1.59. The van der Waals surface area contributed by atoms with Gasteiger partial charge < -0.3 is 9.26 Å². The highest BCUT2D eigenvalue weighted by molar-refractivity contribution is 5.72. The van der Waals surface area contributed by atoms with Gasteiger partial charge in [-0.05, 0) is 25.0 Å². The third-order valence-electron chi connectivity index (χ3n) is 4.21. The molecule has 1 fully saturated rings. The summed E-state index contributed by atoms with van der Waals surface area (Å²) in [5.74, 6) is -0.0865. The van der Waals surface area contributed by atoms with Crippen molar-refractivity contribution >= 4 is 5.97 Å². The normalized spacial score (nSPS) is 16.0. The highest BCUT2D eigenvalue weighted by Crippen LogP contribution is 2.30. The van der Waals surface area contributed by atoms with Gasteiger partial charge in [0.1, 0.15) is 0 Å². The van der Waals surface area contributed by atoms with Crippen molar-refractivity contribution in [3.05, 3.63) is 35.7 Å². The number of esters is 1. The fourth-order valence-corrected chi connectivity index (χ4v) is 2.83. The lowest BCUT2D eigenvalue weighted by Gasteiger charge is -2.19. The lowest BCUT2D eigenvalue weighted by molar-refractivity contribution is -0.151. The number of aromatic nitrogens is 2. The van der Waals surface area contributed by atoms with Crippen molar-refractivity contribution in [2.24, 2.45) is 5.92 Å². The van der Waals surface area contributed by atoms with Gasteiger partial charge in [-0.25, -0.2) is 0 Å². The summed E-state index contributed by atoms with van der Waals surface area (Å²) in [5.41, 5.74) is -0.358. The van der Waals surface area contributed by atoms with Crippen LogP contribution in [0.4, 0.5) is 13.2 Å². The lowest BCUT2D eigenvalue weighted by atomic mass is 9.89. The molecule has 134 valence electrons. The molecule has 0 unspecified atom stereocenters. The fourth-order valence-electron chi connectivity index (χ4n) is 2.83. The fraction of sp³-hybridized carbons (Fsp3) is 0.471. The van der Waals surface area contributed by atoms with E-state index in [0.29, 0.717) is 5.56 Å². The lowest BCUT2D eigenvalue weighted by Crippen LogP contribution is -2.20. The summed E-state index contributed by atoms with van der Waals surface area (Å²) in [4.78, 5) is 16.0. The van der Waals surface area contributed by atoms with Gasteiger partial charge >= 0.3 is 12.1 Å². The van der Waals surface area contributed by atoms with Crippen LogP contribution in [0.15, 0.2) is 28.8 Å². The number of halogens is 3. The summed E-state index contributed by atoms with van der Waals surface area (Å²) in [6.45, 7) is -0.136. The van der Waals surface area contributed by atoms with Crippen LogP contribution in [-0.2, 0) is 22.3 Å². The van der Waals surface area contributed by atoms with Gasteiger partial charge in [0.2, 0.25) is 5.82 Å². The molecule has 25 heavy (non-hydrogen) atoms. The first-order valence-electron chi connectivity index (χ1n) is 8.10. The van der Waals surface area contributed by atoms with Crippen LogP contribution in [0.1, 0.15) is 43.6 Å². The van der Waals surface area contributed by atoms with Crippen molar-refractivity contribution in [1.82, 2.24) is 10.1 Å². The minimum Gasteiger partial charge on any atom is -0.455 e. The zero-order valence-corrected chi connectivity index (χ0v) is 13.4. The second-order valence-corrected chi connectivity index (χ2v) is 6.03. The molecule has 1 saturated carbocycles. The van der Waals surface area contributed by atoms with Gasteiger partial charge in [0.15, 0.2) is 6.61 Å². The average Bonchev–Trinajstić information content (AvgIpc) is 3.09. The van der Waals surface area contributed by atoms with E-state index in [1.807, 2.05) is 0 Å². The van der Waals surface area contributed by atoms with Crippen molar-refractivity contribution in [2.45, 2.75) is 44.9 Å². The van der Waals surface area contributed by atoms with Crippen LogP contribution < -0.4 is 0 Å². The summed E-state index contributed by atoms with van der Waals surface area (Å²) in [7, 11) is 0. The second-order valence-electron chi connectivity index (χ2n) is 6.03. The standard InChI is InChI=1S/C17H17F3N2O3/c18-17(19,20)13-8-6-11(7-9-13)15-21-14(25-22-15)10-24-16(23)12-4-2-1-3-5-12/h6-9,12H,1-5,10H2. The molecular weight excluding hydrogens is 337 g/mol. The van der Waals surface area contributed by atoms with Crippen molar-refractivity contribution in [1.29, 1.82) is 0 Å². The van der Waals surface area contributed by atoms with Crippen molar-refractivity contribution in [3.63, 3.8) is 0 Å². The molecule has 0 bridgehead atoms. The largest absolute Gasteiger partial charge is 0.455 e. The summed E-state index contributed by atoms with van der Waals surface area (Å²) >= 11 is 0. The van der Waals surface area contributed by atoms with Crippen molar-refractivity contribution in [2.75, 3.05) is 0 Å². The van der Waals surface area contributed by atoms with Gasteiger partial charge in [-0.3, -0.25) is 4.79 Å². The molecule has 1 aliphatic carbocycles. The van der Waals surface area contributed by atoms with Crippen LogP contribution in [-0.4, -0.2) is 16.1 Å². The van der Waals surface area contributed by atoms with Crippen LogP contribution in [0.5, 0.6) is 0 Å². The Labute approximate surface area is 142 Å². The molecule has 1 aromatic heterocycles. The number of hydrogen-bond donors (Lipinski definition) is 0. The van der Waals surface area contributed by atoms with Crippen molar-refractivity contribution in [3.8, 4) is 11.4 Å². The van der Waals surface area contributed by atoms with E-state index in [0.717, 1.165) is 44.2 Å². The third-order valence-corrected chi connectivity index (χ3v) is 4.21. The number of carbonyl (C=O) groups is 1. The van der Waals surface area contributed by atoms with Crippen LogP contribution >= 0.6 is 0 Å². The molecule has 0 radical (unpaired) electrons. The Kier molecular flexibility index (Phi) is 5.06. The molecule has 0 aliphatic heterocycles. The monoisotopic (exact) mass is 354 g/mol. The highest BCUT2D eigenvalue weighted by atomic mass is 19.4. The predicted molar refractivity (Wildman–Crippen MR) is 81.1 cm³/mol. The van der Waals surface area contributed by atoms with Gasteiger partial charge in [-0.2, -0.15) is 18.2 Å². The Morgan fingerprint density at radius 3 is 2.48 bits per heavy atom. The summed E-state index contributed by atoms with van der Waals surface area (Å²) in [6, 6.07) is 4.44. The van der Waals surface area contributed by atoms with E-state index in [-0.39, 0.29) is 30.2 Å². The molecule has 0 amide bonds. The molecule has 1 aliphatic rings. The molecule has 1 aromatic carbocycles. The topological polar surface area (TPSA) is 65.2 Å². The van der Waals surface area contributed by atoms with Crippen LogP contribution in [0, 0.1) is 5.92 Å². The van der Waals surface area contributed by atoms with E-state index in [2.05, 4.69) is 10.1 Å². The smallest absolute Gasteiger partial charge is 0.416 e. The van der Waals surface area contributed by atoms with E-state index in [1.165, 1.54) is 12.1 Å². The number of rotatable bonds is 4. The summed E-state index contributed by atoms with van der Waals surface area (Å²) in [5, 5.41) is 3.71. The Morgan fingerprint density at radius 1 is 1.16 bits per heavy atom. The maximum absolute atomic E-state index is 12.6. The minimum atomic E-state index is -4.39.